The van der Waals surface area contributed by atoms with Crippen LogP contribution in [0.25, 0.3) is 0 Å². The number of aryl methyl sites for hydroxylation is 4. The lowest BCUT2D eigenvalue weighted by Crippen LogP contribution is -2.77. The summed E-state index contributed by atoms with van der Waals surface area (Å²) < 4.78 is 14.1. The third-order valence-corrected chi connectivity index (χ3v) is 20.6. The molecule has 0 unspecified atom stereocenters. The molecule has 7 heteroatoms. The standard InChI is InChI=1S/C70H54BN3O2Si/c1-47-19-15-23-51(39-47)72(52-24-16-20-48(2)40-52)55-35-37-62-68(45-55)77(58-27-7-5-8-28-58,59-29-9-6-10-30-59)69-46-56(73(53-25-17-21-49(3)41-53)54-26-18-22-50(4)42-54)36-38-63(69)74(62)57-43-66-70-67(44-57)76-65-34-14-12-32-61(65)71(70)60-31-11-13-33-64(60)75-66/h5-46H,1-4H3. The Bertz CT molecular complexity index is 3760. The van der Waals surface area contributed by atoms with Crippen LogP contribution in [0, 0.1) is 27.7 Å². The fourth-order valence-corrected chi connectivity index (χ4v) is 17.6. The topological polar surface area (TPSA) is 28.2 Å². The number of hydrogen-bond donors (Lipinski definition) is 0. The first-order chi connectivity index (χ1) is 37.8. The Labute approximate surface area is 452 Å². The number of benzene rings is 11. The maximum absolute atomic E-state index is 7.05. The van der Waals surface area contributed by atoms with Crippen molar-refractivity contribution in [1.29, 1.82) is 0 Å². The van der Waals surface area contributed by atoms with Gasteiger partial charge in [-0.1, -0.05) is 146 Å². The van der Waals surface area contributed by atoms with Crippen LogP contribution >= 0.6 is 0 Å². The number of fused-ring (bicyclic) bond motifs is 6. The maximum Gasteiger partial charge on any atom is 0.260 e. The normalized spacial score (nSPS) is 13.2. The van der Waals surface area contributed by atoms with Crippen LogP contribution in [0.5, 0.6) is 23.0 Å². The lowest BCUT2D eigenvalue weighted by atomic mass is 9.35. The summed E-state index contributed by atoms with van der Waals surface area (Å²) in [6.45, 7) is 8.66. The molecule has 368 valence electrons. The SMILES string of the molecule is Cc1cccc(N(c2cccc(C)c2)c2ccc3c(c2)[Si](c2ccccc2)(c2ccccc2)c2cc(N(c4cccc(C)c4)c4cccc(C)c4)ccc2N3c2cc3c4c(c2)Oc2ccccc2B4c2ccccc2O3)c1. The third-order valence-electron chi connectivity index (χ3n) is 15.8. The fraction of sp³-hybridized carbons (Fsp3) is 0.0571. The molecule has 0 fully saturated rings. The molecule has 0 aliphatic carbocycles. The molecule has 3 aliphatic heterocycles. The summed E-state index contributed by atoms with van der Waals surface area (Å²) in [7, 11) is -3.36. The van der Waals surface area contributed by atoms with Crippen LogP contribution < -0.4 is 61.3 Å². The van der Waals surface area contributed by atoms with Gasteiger partial charge in [0.15, 0.2) is 8.07 Å². The Hall–Kier alpha value is -9.30. The van der Waals surface area contributed by atoms with Crippen LogP contribution in [0.15, 0.2) is 255 Å². The highest BCUT2D eigenvalue weighted by molar-refractivity contribution is 7.21. The first-order valence-corrected chi connectivity index (χ1v) is 28.6. The van der Waals surface area contributed by atoms with Gasteiger partial charge < -0.3 is 24.2 Å². The molecule has 3 heterocycles. The van der Waals surface area contributed by atoms with Crippen molar-refractivity contribution in [3.8, 4) is 23.0 Å². The zero-order valence-electron chi connectivity index (χ0n) is 43.5. The van der Waals surface area contributed by atoms with Crippen LogP contribution in [-0.4, -0.2) is 14.8 Å². The van der Waals surface area contributed by atoms with Crippen molar-refractivity contribution in [3.63, 3.8) is 0 Å². The van der Waals surface area contributed by atoms with Gasteiger partial charge in [-0.3, -0.25) is 0 Å². The molecule has 0 spiro atoms. The highest BCUT2D eigenvalue weighted by Gasteiger charge is 2.50. The number of anilines is 9. The van der Waals surface area contributed by atoms with E-state index in [-0.39, 0.29) is 6.71 Å². The van der Waals surface area contributed by atoms with Gasteiger partial charge in [-0.25, -0.2) is 0 Å². The highest BCUT2D eigenvalue weighted by Crippen LogP contribution is 2.47. The Morgan fingerprint density at radius 2 is 0.701 bits per heavy atom. The van der Waals surface area contributed by atoms with Crippen molar-refractivity contribution in [2.45, 2.75) is 27.7 Å². The molecule has 0 radical (unpaired) electrons. The van der Waals surface area contributed by atoms with Crippen LogP contribution in [0.2, 0.25) is 0 Å². The molecule has 0 aromatic heterocycles. The molecule has 11 aromatic carbocycles. The van der Waals surface area contributed by atoms with Crippen LogP contribution in [0.4, 0.5) is 51.2 Å². The summed E-state index contributed by atoms with van der Waals surface area (Å²) in [5, 5.41) is 5.12. The average molecular weight is 1010 g/mol. The molecule has 0 atom stereocenters. The maximum atomic E-state index is 7.05. The summed E-state index contributed by atoms with van der Waals surface area (Å²) in [5.41, 5.74) is 17.8. The smallest absolute Gasteiger partial charge is 0.260 e. The van der Waals surface area contributed by atoms with Crippen molar-refractivity contribution in [3.05, 3.63) is 277 Å². The summed E-state index contributed by atoms with van der Waals surface area (Å²) in [4.78, 5) is 7.35. The van der Waals surface area contributed by atoms with Crippen molar-refractivity contribution in [1.82, 2.24) is 0 Å². The van der Waals surface area contributed by atoms with Gasteiger partial charge in [0.1, 0.15) is 23.0 Å². The number of rotatable bonds is 9. The second-order valence-electron chi connectivity index (χ2n) is 20.8. The Balaban J connectivity index is 1.10. The molecule has 0 saturated carbocycles. The van der Waals surface area contributed by atoms with Crippen molar-refractivity contribution >= 4 is 103 Å². The van der Waals surface area contributed by atoms with E-state index >= 15 is 0 Å². The van der Waals surface area contributed by atoms with Crippen molar-refractivity contribution in [2.24, 2.45) is 0 Å². The number of para-hydroxylation sites is 2. The van der Waals surface area contributed by atoms with Gasteiger partial charge in [-0.2, -0.15) is 0 Å². The second-order valence-corrected chi connectivity index (χ2v) is 24.5. The van der Waals surface area contributed by atoms with Crippen molar-refractivity contribution < 1.29 is 9.47 Å². The molecule has 77 heavy (non-hydrogen) atoms. The van der Waals surface area contributed by atoms with Gasteiger partial charge in [-0.15, -0.1) is 0 Å². The lowest BCUT2D eigenvalue weighted by molar-refractivity contribution is 0.465. The average Bonchev–Trinajstić information content (AvgIpc) is 3.45. The summed E-state index contributed by atoms with van der Waals surface area (Å²) >= 11 is 0. The summed E-state index contributed by atoms with van der Waals surface area (Å²) in [6.07, 6.45) is 0. The van der Waals surface area contributed by atoms with Crippen molar-refractivity contribution in [2.75, 3.05) is 14.7 Å². The van der Waals surface area contributed by atoms with Gasteiger partial charge in [0.25, 0.3) is 6.71 Å². The van der Waals surface area contributed by atoms with E-state index in [2.05, 4.69) is 297 Å². The fourth-order valence-electron chi connectivity index (χ4n) is 12.5. The minimum absolute atomic E-state index is 0.0466. The molecule has 0 bridgehead atoms. The van der Waals surface area contributed by atoms with E-state index in [0.29, 0.717) is 0 Å². The van der Waals surface area contributed by atoms with Gasteiger partial charge in [0, 0.05) is 63.1 Å². The third kappa shape index (κ3) is 7.68. The Morgan fingerprint density at radius 3 is 1.09 bits per heavy atom. The van der Waals surface area contributed by atoms with E-state index in [1.165, 1.54) is 43.0 Å². The molecular weight excluding hydrogens is 954 g/mol. The van der Waals surface area contributed by atoms with Crippen LogP contribution in [0.1, 0.15) is 22.3 Å². The largest absolute Gasteiger partial charge is 0.458 e. The van der Waals surface area contributed by atoms with Gasteiger partial charge in [0.05, 0.1) is 5.69 Å². The van der Waals surface area contributed by atoms with E-state index in [1.807, 2.05) is 0 Å². The van der Waals surface area contributed by atoms with E-state index < -0.39 is 8.07 Å². The van der Waals surface area contributed by atoms with Gasteiger partial charge in [-0.05, 0) is 179 Å². The van der Waals surface area contributed by atoms with Gasteiger partial charge >= 0.3 is 0 Å². The van der Waals surface area contributed by atoms with E-state index in [9.17, 15) is 0 Å². The first kappa shape index (κ1) is 46.2. The molecule has 0 N–H and O–H groups in total. The second kappa shape index (κ2) is 18.5. The molecule has 14 rings (SSSR count). The predicted octanol–water partition coefficient (Wildman–Crippen LogP) is 13.7. The Kier molecular flexibility index (Phi) is 11.1. The monoisotopic (exact) mass is 1010 g/mol. The van der Waals surface area contributed by atoms with E-state index in [0.717, 1.165) is 90.6 Å². The van der Waals surface area contributed by atoms with E-state index in [4.69, 9.17) is 9.47 Å². The molecular formula is C70H54BN3O2Si. The molecule has 0 amide bonds. The highest BCUT2D eigenvalue weighted by atomic mass is 28.3. The lowest BCUT2D eigenvalue weighted by Gasteiger charge is -2.46. The zero-order valence-corrected chi connectivity index (χ0v) is 44.5. The Morgan fingerprint density at radius 1 is 0.338 bits per heavy atom. The quantitative estimate of drug-likeness (QED) is 0.134. The molecule has 0 saturated heterocycles. The summed E-state index contributed by atoms with van der Waals surface area (Å²) in [6, 6.07) is 94.0. The van der Waals surface area contributed by atoms with Crippen LogP contribution in [-0.2, 0) is 0 Å². The predicted molar refractivity (Wildman–Crippen MR) is 324 cm³/mol. The molecule has 3 aliphatic rings. The zero-order chi connectivity index (χ0) is 51.8. The number of hydrogen-bond acceptors (Lipinski definition) is 5. The molecule has 5 nitrogen and oxygen atoms in total. The minimum atomic E-state index is -3.36. The van der Waals surface area contributed by atoms with E-state index in [1.54, 1.807) is 0 Å². The number of ether oxygens (including phenoxy) is 2. The molecule has 11 aromatic rings. The first-order valence-electron chi connectivity index (χ1n) is 26.6. The van der Waals surface area contributed by atoms with Gasteiger partial charge in [0.2, 0.25) is 0 Å². The number of nitrogens with zero attached hydrogens (tertiary/aromatic N) is 3. The minimum Gasteiger partial charge on any atom is -0.458 e. The van der Waals surface area contributed by atoms with Crippen LogP contribution in [0.3, 0.4) is 0 Å². The summed E-state index contributed by atoms with van der Waals surface area (Å²) in [5.74, 6) is 3.31.